The van der Waals surface area contributed by atoms with E-state index < -0.39 is 0 Å². The lowest BCUT2D eigenvalue weighted by molar-refractivity contribution is 0.270. The first-order valence-corrected chi connectivity index (χ1v) is 5.63. The molecule has 0 saturated carbocycles. The maximum absolute atomic E-state index is 6.00. The van der Waals surface area contributed by atoms with Gasteiger partial charge < -0.3 is 9.80 Å². The van der Waals surface area contributed by atoms with E-state index in [1.807, 2.05) is 0 Å². The normalized spacial score (nSPS) is 18.1. The Kier molecular flexibility index (Phi) is 3.38. The summed E-state index contributed by atoms with van der Waals surface area (Å²) in [4.78, 5) is 12.9. The van der Waals surface area contributed by atoms with Gasteiger partial charge in [-0.15, -0.1) is 0 Å². The molecule has 0 amide bonds. The van der Waals surface area contributed by atoms with Crippen molar-refractivity contribution in [3.63, 3.8) is 0 Å². The molecule has 1 aliphatic rings. The number of anilines is 1. The van der Waals surface area contributed by atoms with Crippen molar-refractivity contribution in [2.45, 2.75) is 6.92 Å². The van der Waals surface area contributed by atoms with Gasteiger partial charge in [0.05, 0.1) is 0 Å². The lowest BCUT2D eigenvalue weighted by Gasteiger charge is -2.34. The summed E-state index contributed by atoms with van der Waals surface area (Å²) < 4.78 is 0. The number of rotatable bonds is 2. The van der Waals surface area contributed by atoms with Gasteiger partial charge in [0, 0.05) is 38.6 Å². The molecule has 1 saturated heterocycles. The highest BCUT2D eigenvalue weighted by Gasteiger charge is 2.18. The number of piperazine rings is 1. The van der Waals surface area contributed by atoms with E-state index in [1.165, 1.54) is 0 Å². The number of aromatic nitrogens is 2. The number of hydrogen-bond donors (Lipinski definition) is 0. The molecule has 1 aliphatic heterocycles. The number of hydrogen-bond acceptors (Lipinski definition) is 4. The average Bonchev–Trinajstić information content (AvgIpc) is 2.30. The Morgan fingerprint density at radius 1 is 1.20 bits per heavy atom. The molecule has 2 heterocycles. The molecule has 4 nitrogen and oxygen atoms in total. The fourth-order valence-electron chi connectivity index (χ4n) is 1.80. The fourth-order valence-corrected chi connectivity index (χ4v) is 2.03. The third-order valence-corrected chi connectivity index (χ3v) is 3.02. The van der Waals surface area contributed by atoms with Gasteiger partial charge in [-0.05, 0) is 6.54 Å². The molecule has 5 heteroatoms. The molecule has 0 radical (unpaired) electrons. The zero-order valence-electron chi connectivity index (χ0n) is 8.86. The lowest BCUT2D eigenvalue weighted by Crippen LogP contribution is -2.46. The summed E-state index contributed by atoms with van der Waals surface area (Å²) in [5, 5.41) is 0.502. The van der Waals surface area contributed by atoms with Crippen LogP contribution in [0.1, 0.15) is 6.92 Å². The molecule has 0 N–H and O–H groups in total. The van der Waals surface area contributed by atoms with Gasteiger partial charge in [0.1, 0.15) is 0 Å². The van der Waals surface area contributed by atoms with Gasteiger partial charge in [-0.25, -0.2) is 9.97 Å². The Morgan fingerprint density at radius 3 is 2.47 bits per heavy atom. The highest BCUT2D eigenvalue weighted by atomic mass is 35.5. The van der Waals surface area contributed by atoms with Crippen LogP contribution in [0, 0.1) is 0 Å². The molecule has 1 aromatic heterocycles. The first-order chi connectivity index (χ1) is 7.31. The minimum Gasteiger partial charge on any atom is -0.351 e. The van der Waals surface area contributed by atoms with Crippen molar-refractivity contribution in [1.82, 2.24) is 14.9 Å². The summed E-state index contributed by atoms with van der Waals surface area (Å²) in [5.41, 5.74) is 0. The van der Waals surface area contributed by atoms with Gasteiger partial charge in [-0.2, -0.15) is 0 Å². The SMILES string of the molecule is CCN1CCN(c2nccnc2Cl)CC1. The molecule has 0 atom stereocenters. The van der Waals surface area contributed by atoms with Crippen molar-refractivity contribution in [2.24, 2.45) is 0 Å². The highest BCUT2D eigenvalue weighted by Crippen LogP contribution is 2.20. The van der Waals surface area contributed by atoms with Gasteiger partial charge >= 0.3 is 0 Å². The Morgan fingerprint density at radius 2 is 1.87 bits per heavy atom. The molecular formula is C10H15ClN4. The van der Waals surface area contributed by atoms with E-state index >= 15 is 0 Å². The molecule has 1 aromatic rings. The van der Waals surface area contributed by atoms with E-state index in [0.29, 0.717) is 5.15 Å². The second-order valence-electron chi connectivity index (χ2n) is 3.59. The fraction of sp³-hybridized carbons (Fsp3) is 0.600. The molecule has 2 rings (SSSR count). The van der Waals surface area contributed by atoms with E-state index in [4.69, 9.17) is 11.6 Å². The van der Waals surface area contributed by atoms with Crippen LogP contribution in [-0.4, -0.2) is 47.6 Å². The van der Waals surface area contributed by atoms with Gasteiger partial charge in [0.25, 0.3) is 0 Å². The van der Waals surface area contributed by atoms with Crippen molar-refractivity contribution in [3.05, 3.63) is 17.5 Å². The van der Waals surface area contributed by atoms with Crippen LogP contribution in [0.15, 0.2) is 12.4 Å². The molecule has 0 aliphatic carbocycles. The minimum absolute atomic E-state index is 0.502. The summed E-state index contributed by atoms with van der Waals surface area (Å²) in [6, 6.07) is 0. The maximum Gasteiger partial charge on any atom is 0.171 e. The van der Waals surface area contributed by atoms with E-state index in [0.717, 1.165) is 38.5 Å². The van der Waals surface area contributed by atoms with Crippen LogP contribution in [0.4, 0.5) is 5.82 Å². The molecule has 0 aromatic carbocycles. The van der Waals surface area contributed by atoms with Crippen LogP contribution in [0.2, 0.25) is 5.15 Å². The second kappa shape index (κ2) is 4.77. The zero-order chi connectivity index (χ0) is 10.7. The monoisotopic (exact) mass is 226 g/mol. The molecular weight excluding hydrogens is 212 g/mol. The Hall–Kier alpha value is -0.870. The van der Waals surface area contributed by atoms with Gasteiger partial charge in [0.15, 0.2) is 11.0 Å². The van der Waals surface area contributed by atoms with Crippen LogP contribution in [0.25, 0.3) is 0 Å². The van der Waals surface area contributed by atoms with Crippen molar-refractivity contribution in [2.75, 3.05) is 37.6 Å². The molecule has 0 bridgehead atoms. The van der Waals surface area contributed by atoms with Crippen molar-refractivity contribution in [3.8, 4) is 0 Å². The molecule has 15 heavy (non-hydrogen) atoms. The number of halogens is 1. The third-order valence-electron chi connectivity index (χ3n) is 2.75. The predicted octanol–water partition coefficient (Wildman–Crippen LogP) is 1.27. The van der Waals surface area contributed by atoms with Crippen LogP contribution in [0.3, 0.4) is 0 Å². The topological polar surface area (TPSA) is 32.3 Å². The van der Waals surface area contributed by atoms with Crippen LogP contribution >= 0.6 is 11.6 Å². The van der Waals surface area contributed by atoms with Crippen molar-refractivity contribution < 1.29 is 0 Å². The van der Waals surface area contributed by atoms with E-state index in [9.17, 15) is 0 Å². The summed E-state index contributed by atoms with van der Waals surface area (Å²) in [6.45, 7) is 7.40. The molecule has 0 unspecified atom stereocenters. The van der Waals surface area contributed by atoms with E-state index in [-0.39, 0.29) is 0 Å². The zero-order valence-corrected chi connectivity index (χ0v) is 9.61. The Bertz CT molecular complexity index is 323. The molecule has 0 spiro atoms. The maximum atomic E-state index is 6.00. The minimum atomic E-state index is 0.502. The Labute approximate surface area is 94.9 Å². The van der Waals surface area contributed by atoms with Crippen molar-refractivity contribution >= 4 is 17.4 Å². The first kappa shape index (κ1) is 10.6. The van der Waals surface area contributed by atoms with Gasteiger partial charge in [0.2, 0.25) is 0 Å². The number of nitrogens with zero attached hydrogens (tertiary/aromatic N) is 4. The third kappa shape index (κ3) is 2.38. The van der Waals surface area contributed by atoms with Crippen LogP contribution in [-0.2, 0) is 0 Å². The highest BCUT2D eigenvalue weighted by molar-refractivity contribution is 6.31. The molecule has 1 fully saturated rings. The standard InChI is InChI=1S/C10H15ClN4/c1-2-14-5-7-15(8-6-14)10-9(11)12-3-4-13-10/h3-4H,2,5-8H2,1H3. The van der Waals surface area contributed by atoms with Gasteiger partial charge in [-0.3, -0.25) is 0 Å². The quantitative estimate of drug-likeness (QED) is 0.761. The summed E-state index contributed by atoms with van der Waals surface area (Å²) in [6.07, 6.45) is 3.31. The van der Waals surface area contributed by atoms with E-state index in [2.05, 4.69) is 26.7 Å². The smallest absolute Gasteiger partial charge is 0.171 e. The van der Waals surface area contributed by atoms with Crippen LogP contribution in [0.5, 0.6) is 0 Å². The second-order valence-corrected chi connectivity index (χ2v) is 3.95. The van der Waals surface area contributed by atoms with Crippen LogP contribution < -0.4 is 4.90 Å². The van der Waals surface area contributed by atoms with Crippen molar-refractivity contribution in [1.29, 1.82) is 0 Å². The van der Waals surface area contributed by atoms with E-state index in [1.54, 1.807) is 12.4 Å². The largest absolute Gasteiger partial charge is 0.351 e. The summed E-state index contributed by atoms with van der Waals surface area (Å²) in [7, 11) is 0. The lowest BCUT2D eigenvalue weighted by atomic mass is 10.3. The summed E-state index contributed by atoms with van der Waals surface area (Å²) in [5.74, 6) is 0.815. The van der Waals surface area contributed by atoms with Gasteiger partial charge in [-0.1, -0.05) is 18.5 Å². The predicted molar refractivity (Wildman–Crippen MR) is 61.4 cm³/mol. The number of likely N-dealkylation sites (N-methyl/N-ethyl adjacent to an activating group) is 1. The summed E-state index contributed by atoms with van der Waals surface area (Å²) >= 11 is 6.00. The Balaban J connectivity index is 2.04. The first-order valence-electron chi connectivity index (χ1n) is 5.25. The molecule has 82 valence electrons. The average molecular weight is 227 g/mol.